The van der Waals surface area contributed by atoms with Gasteiger partial charge < -0.3 is 4.98 Å². The van der Waals surface area contributed by atoms with E-state index in [1.807, 2.05) is 0 Å². The van der Waals surface area contributed by atoms with Crippen LogP contribution in [-0.4, -0.2) is 15.0 Å². The maximum atomic E-state index is 5.82. The Morgan fingerprint density at radius 2 is 0.509 bits per heavy atom. The Balaban J connectivity index is 1.51. The Labute approximate surface area is 319 Å². The molecule has 11 rings (SSSR count). The topological polar surface area (TPSA) is 41.6 Å². The van der Waals surface area contributed by atoms with E-state index >= 15 is 0 Å². The van der Waals surface area contributed by atoms with Crippen molar-refractivity contribution < 1.29 is 0 Å². The molecule has 6 bridgehead atoms. The van der Waals surface area contributed by atoms with Gasteiger partial charge in [0.05, 0.1) is 33.8 Å². The zero-order valence-electron chi connectivity index (χ0n) is 29.9. The molecular formula is C52H33N3. The maximum Gasteiger partial charge on any atom is 0.0816 e. The van der Waals surface area contributed by atoms with Crippen LogP contribution in [0.15, 0.2) is 194 Å². The Morgan fingerprint density at radius 1 is 0.255 bits per heavy atom. The summed E-state index contributed by atoms with van der Waals surface area (Å²) in [6, 6.07) is 69.1. The molecule has 0 fully saturated rings. The van der Waals surface area contributed by atoms with Gasteiger partial charge in [-0.05, 0) is 22.3 Å². The summed E-state index contributed by atoms with van der Waals surface area (Å²) in [5.74, 6) is 0. The molecule has 0 atom stereocenters. The summed E-state index contributed by atoms with van der Waals surface area (Å²) in [4.78, 5) is 15.7. The van der Waals surface area contributed by atoms with Crippen molar-refractivity contribution >= 4 is 21.8 Å². The van der Waals surface area contributed by atoms with Gasteiger partial charge in [0.15, 0.2) is 0 Å². The van der Waals surface area contributed by atoms with Crippen LogP contribution < -0.4 is 0 Å². The van der Waals surface area contributed by atoms with Gasteiger partial charge in [0.1, 0.15) is 0 Å². The number of benzene rings is 7. The number of aromatic nitrogens is 3. The standard InChI is InChI=1S/C52H33N3/c1-5-19-33(20-6-1)43-44(34-21-7-2-8-22-34)48-38-28-14-16-30-40(38)50(54-48)46(36-25-11-4-12-26-36)52-42-32-18-17-31-41(42)51(55-52)45(35-23-9-3-10-24-35)49-39-29-15-13-27-37(39)47(43)53-49/h1-32,55H. The third-order valence-electron chi connectivity index (χ3n) is 11.0. The summed E-state index contributed by atoms with van der Waals surface area (Å²) >= 11 is 0. The normalized spacial score (nSPS) is 11.6. The lowest BCUT2D eigenvalue weighted by Gasteiger charge is -2.14. The highest BCUT2D eigenvalue weighted by Gasteiger charge is 2.30. The predicted molar refractivity (Wildman–Crippen MR) is 228 cm³/mol. The van der Waals surface area contributed by atoms with Crippen LogP contribution >= 0.6 is 0 Å². The van der Waals surface area contributed by atoms with Gasteiger partial charge in [-0.1, -0.05) is 194 Å². The average molecular weight is 700 g/mol. The molecule has 7 aromatic carbocycles. The van der Waals surface area contributed by atoms with E-state index in [1.54, 1.807) is 0 Å². The van der Waals surface area contributed by atoms with Crippen molar-refractivity contribution in [1.82, 2.24) is 15.0 Å². The highest BCUT2D eigenvalue weighted by atomic mass is 14.8. The number of nitrogens with one attached hydrogen (secondary N) is 1. The van der Waals surface area contributed by atoms with Crippen LogP contribution in [0, 0.1) is 0 Å². The van der Waals surface area contributed by atoms with E-state index in [4.69, 9.17) is 9.97 Å². The summed E-state index contributed by atoms with van der Waals surface area (Å²) < 4.78 is 0. The van der Waals surface area contributed by atoms with Gasteiger partial charge in [-0.15, -0.1) is 0 Å². The van der Waals surface area contributed by atoms with E-state index in [0.29, 0.717) is 0 Å². The monoisotopic (exact) mass is 699 g/mol. The Hall–Kier alpha value is -7.36. The molecule has 3 heteroatoms. The van der Waals surface area contributed by atoms with Crippen LogP contribution in [0.3, 0.4) is 0 Å². The fourth-order valence-electron chi connectivity index (χ4n) is 8.61. The molecule has 1 aromatic heterocycles. The highest BCUT2D eigenvalue weighted by molar-refractivity contribution is 6.19. The van der Waals surface area contributed by atoms with E-state index in [-0.39, 0.29) is 0 Å². The van der Waals surface area contributed by atoms with E-state index in [0.717, 1.165) is 111 Å². The van der Waals surface area contributed by atoms with Crippen molar-refractivity contribution in [2.45, 2.75) is 0 Å². The zero-order valence-corrected chi connectivity index (χ0v) is 29.9. The fourth-order valence-corrected chi connectivity index (χ4v) is 8.61. The number of hydrogen-bond acceptors (Lipinski definition) is 2. The second-order valence-electron chi connectivity index (χ2n) is 14.1. The third-order valence-corrected chi connectivity index (χ3v) is 11.0. The van der Waals surface area contributed by atoms with Gasteiger partial charge in [0, 0.05) is 55.3 Å². The van der Waals surface area contributed by atoms with Crippen molar-refractivity contribution in [1.29, 1.82) is 0 Å². The number of rotatable bonds is 4. The number of hydrogen-bond donors (Lipinski definition) is 1. The average Bonchev–Trinajstić information content (AvgIpc) is 3.94. The van der Waals surface area contributed by atoms with Crippen LogP contribution in [0.2, 0.25) is 0 Å². The summed E-state index contributed by atoms with van der Waals surface area (Å²) in [5, 5.41) is 2.27. The Morgan fingerprint density at radius 3 is 0.836 bits per heavy atom. The first kappa shape index (κ1) is 31.2. The lowest BCUT2D eigenvalue weighted by atomic mass is 9.88. The van der Waals surface area contributed by atoms with Gasteiger partial charge in [0.25, 0.3) is 0 Å². The highest BCUT2D eigenvalue weighted by Crippen LogP contribution is 2.53. The molecule has 8 aromatic rings. The second kappa shape index (κ2) is 12.6. The van der Waals surface area contributed by atoms with Gasteiger partial charge in [-0.25, -0.2) is 9.97 Å². The summed E-state index contributed by atoms with van der Waals surface area (Å²) in [6.07, 6.45) is 0. The van der Waals surface area contributed by atoms with Crippen molar-refractivity contribution in [3.05, 3.63) is 194 Å². The quantitative estimate of drug-likeness (QED) is 0.199. The van der Waals surface area contributed by atoms with Crippen molar-refractivity contribution in [2.75, 3.05) is 0 Å². The van der Waals surface area contributed by atoms with Crippen LogP contribution in [-0.2, 0) is 0 Å². The molecule has 3 nitrogen and oxygen atoms in total. The molecule has 3 heterocycles. The molecule has 0 spiro atoms. The molecule has 3 aliphatic rings. The van der Waals surface area contributed by atoms with E-state index < -0.39 is 0 Å². The van der Waals surface area contributed by atoms with Gasteiger partial charge in [-0.3, -0.25) is 0 Å². The molecule has 0 radical (unpaired) electrons. The van der Waals surface area contributed by atoms with Gasteiger partial charge >= 0.3 is 0 Å². The second-order valence-corrected chi connectivity index (χ2v) is 14.1. The van der Waals surface area contributed by atoms with Gasteiger partial charge in [-0.2, -0.15) is 0 Å². The molecule has 0 amide bonds. The fraction of sp³-hybridized carbons (Fsp3) is 0. The van der Waals surface area contributed by atoms with Crippen molar-refractivity contribution in [3.8, 4) is 89.5 Å². The first-order valence-corrected chi connectivity index (χ1v) is 18.8. The lowest BCUT2D eigenvalue weighted by Crippen LogP contribution is -1.92. The molecule has 1 N–H and O–H groups in total. The van der Waals surface area contributed by atoms with Gasteiger partial charge in [0.2, 0.25) is 0 Å². The number of nitrogens with zero attached hydrogens (tertiary/aromatic N) is 2. The smallest absolute Gasteiger partial charge is 0.0816 e. The van der Waals surface area contributed by atoms with Crippen LogP contribution in [0.1, 0.15) is 0 Å². The molecular weight excluding hydrogens is 667 g/mol. The minimum absolute atomic E-state index is 0.931. The summed E-state index contributed by atoms with van der Waals surface area (Å²) in [6.45, 7) is 0. The van der Waals surface area contributed by atoms with E-state index in [9.17, 15) is 0 Å². The van der Waals surface area contributed by atoms with Crippen molar-refractivity contribution in [3.63, 3.8) is 0 Å². The Kier molecular flexibility index (Phi) is 7.17. The lowest BCUT2D eigenvalue weighted by molar-refractivity contribution is 1.39. The van der Waals surface area contributed by atoms with Crippen LogP contribution in [0.4, 0.5) is 0 Å². The summed E-state index contributed by atoms with van der Waals surface area (Å²) in [7, 11) is 0. The Bertz CT molecular complexity index is 2850. The molecule has 2 aliphatic heterocycles. The molecule has 1 aliphatic carbocycles. The minimum atomic E-state index is 0.931. The molecule has 55 heavy (non-hydrogen) atoms. The molecule has 0 saturated carbocycles. The van der Waals surface area contributed by atoms with Crippen molar-refractivity contribution in [2.24, 2.45) is 0 Å². The minimum Gasteiger partial charge on any atom is -0.353 e. The maximum absolute atomic E-state index is 5.82. The first-order valence-electron chi connectivity index (χ1n) is 18.8. The molecule has 0 unspecified atom stereocenters. The van der Waals surface area contributed by atoms with Crippen LogP contribution in [0.25, 0.3) is 111 Å². The van der Waals surface area contributed by atoms with E-state index in [1.165, 1.54) is 0 Å². The molecule has 256 valence electrons. The van der Waals surface area contributed by atoms with Crippen LogP contribution in [0.5, 0.6) is 0 Å². The number of H-pyrrole nitrogens is 1. The third kappa shape index (κ3) is 4.91. The zero-order chi connectivity index (χ0) is 36.3. The van der Waals surface area contributed by atoms with E-state index in [2.05, 4.69) is 199 Å². The molecule has 0 saturated heterocycles. The largest absolute Gasteiger partial charge is 0.353 e. The first-order chi connectivity index (χ1) is 27.3. The summed E-state index contributed by atoms with van der Waals surface area (Å²) in [5.41, 5.74) is 18.8. The predicted octanol–water partition coefficient (Wildman–Crippen LogP) is 13.8. The number of aromatic amines is 1. The SMILES string of the molecule is c1ccc(-c2c3nc(c(-c4ccccc4)c4[nH]c(c(-c5ccccc5)c5nc(c2-c2ccccc2)-c2ccccc2-5)c2ccccc42)-c2ccccc2-3)cc1.